The van der Waals surface area contributed by atoms with E-state index in [1.165, 1.54) is 30.8 Å². The zero-order valence-electron chi connectivity index (χ0n) is 37.5. The van der Waals surface area contributed by atoms with E-state index in [0.29, 0.717) is 58.1 Å². The van der Waals surface area contributed by atoms with Crippen molar-refractivity contribution in [2.45, 2.75) is 55.9 Å². The Morgan fingerprint density at radius 1 is 0.826 bits per heavy atom. The number of hydrogen-bond donors (Lipinski definition) is 5. The molecule has 69 heavy (non-hydrogen) atoms. The number of carbonyl (C=O) groups excluding carboxylic acids is 4. The fraction of sp³-hybridized carbons (Fsp3) is 0.465. The standard InChI is InChI=1S/C43H51F4N9O12S/c1-42(2,61)26-55-25-27(23-50-55)37-32(43(45,46)47)24-49-41(54-37)52-34-6-4-29(22-33(34)44)69(62,63)51-10-12-65-14-16-67-18-20-68-19-17-66-15-13-64-11-9-48-28-3-5-30-31(21-28)40(60)56(39(30)59)35-7-8-36(57)53-38(35)58/h3-6,21-25,35,48,51,61H,7-20,26H2,1-2H3,(H,49,52,54)(H,53,57,58). The Hall–Kier alpha value is -6.00. The van der Waals surface area contributed by atoms with Gasteiger partial charge in [0.1, 0.15) is 17.4 Å². The van der Waals surface area contributed by atoms with Crippen LogP contribution >= 0.6 is 0 Å². The summed E-state index contributed by atoms with van der Waals surface area (Å²) in [6.07, 6.45) is -1.76. The van der Waals surface area contributed by atoms with Gasteiger partial charge in [0.2, 0.25) is 27.8 Å². The van der Waals surface area contributed by atoms with Crippen LogP contribution in [0.25, 0.3) is 11.3 Å². The summed E-state index contributed by atoms with van der Waals surface area (Å²) in [5.74, 6) is -3.71. The first kappa shape index (κ1) is 52.4. The number of imide groups is 2. The summed E-state index contributed by atoms with van der Waals surface area (Å²) in [7, 11) is -4.17. The van der Waals surface area contributed by atoms with E-state index >= 15 is 4.39 Å². The largest absolute Gasteiger partial charge is 0.419 e. The van der Waals surface area contributed by atoms with Crippen LogP contribution in [0.5, 0.6) is 0 Å². The van der Waals surface area contributed by atoms with E-state index in [9.17, 15) is 45.9 Å². The molecule has 5 N–H and O–H groups in total. The summed E-state index contributed by atoms with van der Waals surface area (Å²) in [5, 5.41) is 21.8. The lowest BCUT2D eigenvalue weighted by Gasteiger charge is -2.27. The number of benzene rings is 2. The number of aromatic nitrogens is 4. The van der Waals surface area contributed by atoms with E-state index in [1.54, 1.807) is 12.1 Å². The number of rotatable bonds is 27. The van der Waals surface area contributed by atoms with Crippen LogP contribution in [0.1, 0.15) is 53.0 Å². The highest BCUT2D eigenvalue weighted by atomic mass is 32.2. The normalized spacial score (nSPS) is 15.5. The van der Waals surface area contributed by atoms with Gasteiger partial charge in [-0.2, -0.15) is 18.3 Å². The van der Waals surface area contributed by atoms with Crippen LogP contribution in [0, 0.1) is 5.82 Å². The Kier molecular flexibility index (Phi) is 17.9. The number of piperidine rings is 1. The number of ether oxygens (including phenoxy) is 5. The van der Waals surface area contributed by atoms with Gasteiger partial charge in [0.05, 0.1) is 112 Å². The Morgan fingerprint density at radius 3 is 2.06 bits per heavy atom. The van der Waals surface area contributed by atoms with E-state index < -0.39 is 79.4 Å². The number of anilines is 3. The molecule has 26 heteroatoms. The second kappa shape index (κ2) is 23.5. The minimum absolute atomic E-state index is 0.0118. The third-order valence-electron chi connectivity index (χ3n) is 10.1. The molecule has 0 radical (unpaired) electrons. The van der Waals surface area contributed by atoms with Crippen molar-refractivity contribution in [1.29, 1.82) is 0 Å². The molecule has 0 saturated carbocycles. The molecule has 0 spiro atoms. The van der Waals surface area contributed by atoms with Crippen molar-refractivity contribution in [3.05, 3.63) is 77.5 Å². The minimum Gasteiger partial charge on any atom is -0.389 e. The van der Waals surface area contributed by atoms with Gasteiger partial charge in [-0.15, -0.1) is 0 Å². The van der Waals surface area contributed by atoms with E-state index in [0.717, 1.165) is 29.3 Å². The summed E-state index contributed by atoms with van der Waals surface area (Å²) in [4.78, 5) is 57.7. The number of hydrogen-bond acceptors (Lipinski definition) is 17. The van der Waals surface area contributed by atoms with E-state index in [1.807, 2.05) is 0 Å². The minimum atomic E-state index is -4.83. The lowest BCUT2D eigenvalue weighted by molar-refractivity contribution is -0.138. The Morgan fingerprint density at radius 2 is 1.45 bits per heavy atom. The summed E-state index contributed by atoms with van der Waals surface area (Å²) in [6, 6.07) is 6.60. The van der Waals surface area contributed by atoms with Crippen LogP contribution in [0.15, 0.2) is 59.9 Å². The van der Waals surface area contributed by atoms with Crippen LogP contribution in [-0.4, -0.2) is 153 Å². The molecule has 2 aliphatic heterocycles. The Labute approximate surface area is 393 Å². The van der Waals surface area contributed by atoms with Gasteiger partial charge in [-0.1, -0.05) is 0 Å². The molecule has 4 heterocycles. The third-order valence-corrected chi connectivity index (χ3v) is 11.5. The van der Waals surface area contributed by atoms with Crippen LogP contribution in [0.3, 0.4) is 0 Å². The molecular formula is C43H51F4N9O12S. The molecule has 4 amide bonds. The second-order valence-corrected chi connectivity index (χ2v) is 17.8. The molecule has 2 aromatic carbocycles. The van der Waals surface area contributed by atoms with Gasteiger partial charge in [-0.3, -0.25) is 34.1 Å². The van der Waals surface area contributed by atoms with Crippen molar-refractivity contribution >= 4 is 51.0 Å². The monoisotopic (exact) mass is 993 g/mol. The van der Waals surface area contributed by atoms with Crippen molar-refractivity contribution in [3.8, 4) is 11.3 Å². The number of nitrogens with one attached hydrogen (secondary N) is 4. The van der Waals surface area contributed by atoms with E-state index in [-0.39, 0.29) is 74.7 Å². The van der Waals surface area contributed by atoms with Gasteiger partial charge in [0.15, 0.2) is 0 Å². The molecule has 0 bridgehead atoms. The highest BCUT2D eigenvalue weighted by molar-refractivity contribution is 7.89. The molecular weight excluding hydrogens is 943 g/mol. The van der Waals surface area contributed by atoms with Crippen molar-refractivity contribution in [2.24, 2.45) is 0 Å². The number of halogens is 4. The summed E-state index contributed by atoms with van der Waals surface area (Å²) in [6.45, 7) is 5.82. The van der Waals surface area contributed by atoms with Gasteiger partial charge >= 0.3 is 6.18 Å². The maximum Gasteiger partial charge on any atom is 0.419 e. The highest BCUT2D eigenvalue weighted by Crippen LogP contribution is 2.37. The number of carbonyl (C=O) groups is 4. The highest BCUT2D eigenvalue weighted by Gasteiger charge is 2.44. The van der Waals surface area contributed by atoms with Crippen LogP contribution in [-0.2, 0) is 56.0 Å². The molecule has 1 saturated heterocycles. The molecule has 1 fully saturated rings. The van der Waals surface area contributed by atoms with E-state index in [4.69, 9.17) is 23.7 Å². The van der Waals surface area contributed by atoms with Crippen molar-refractivity contribution in [1.82, 2.24) is 34.7 Å². The lowest BCUT2D eigenvalue weighted by Crippen LogP contribution is -2.54. The second-order valence-electron chi connectivity index (χ2n) is 16.1. The fourth-order valence-corrected chi connectivity index (χ4v) is 7.91. The van der Waals surface area contributed by atoms with Crippen molar-refractivity contribution in [3.63, 3.8) is 0 Å². The number of sulfonamides is 1. The molecule has 0 aliphatic carbocycles. The van der Waals surface area contributed by atoms with Gasteiger partial charge in [0, 0.05) is 43.2 Å². The molecule has 1 unspecified atom stereocenters. The smallest absolute Gasteiger partial charge is 0.389 e. The molecule has 6 rings (SSSR count). The molecule has 2 aliphatic rings. The third kappa shape index (κ3) is 14.8. The first-order valence-electron chi connectivity index (χ1n) is 21.5. The average Bonchev–Trinajstić information content (AvgIpc) is 3.84. The lowest BCUT2D eigenvalue weighted by atomic mass is 10.0. The predicted octanol–water partition coefficient (Wildman–Crippen LogP) is 2.89. The summed E-state index contributed by atoms with van der Waals surface area (Å²) < 4.78 is 113. The van der Waals surface area contributed by atoms with Gasteiger partial charge < -0.3 is 39.4 Å². The number of aliphatic hydroxyl groups is 1. The SMILES string of the molecule is CC(C)(O)Cn1cc(-c2nc(Nc3ccc(S(=O)(=O)NCCOCCOCCOCCOCCOCCNc4ccc5c(c4)C(=O)N(C4CCC(=O)NC4=O)C5=O)cc3F)ncc2C(F)(F)F)cn1. The zero-order valence-corrected chi connectivity index (χ0v) is 38.3. The number of nitrogens with zero attached hydrogens (tertiary/aromatic N) is 5. The fourth-order valence-electron chi connectivity index (χ4n) is 6.88. The van der Waals surface area contributed by atoms with Crippen LogP contribution < -0.4 is 20.7 Å². The quantitative estimate of drug-likeness (QED) is 0.0327. The topological polar surface area (TPSA) is 264 Å². The Bertz CT molecular complexity index is 2580. The average molecular weight is 994 g/mol. The Balaban J connectivity index is 0.777. The maximum atomic E-state index is 15.1. The number of fused-ring (bicyclic) bond motifs is 1. The van der Waals surface area contributed by atoms with E-state index in [2.05, 4.69) is 35.7 Å². The van der Waals surface area contributed by atoms with Crippen LogP contribution in [0.4, 0.5) is 34.9 Å². The number of amides is 4. The van der Waals surface area contributed by atoms with Crippen molar-refractivity contribution in [2.75, 3.05) is 89.8 Å². The summed E-state index contributed by atoms with van der Waals surface area (Å²) in [5.41, 5.74) is -2.28. The van der Waals surface area contributed by atoms with Crippen LogP contribution in [0.2, 0.25) is 0 Å². The molecule has 21 nitrogen and oxygen atoms in total. The molecule has 374 valence electrons. The molecule has 4 aromatic rings. The van der Waals surface area contributed by atoms with Crippen molar-refractivity contribution < 1.29 is 73.9 Å². The molecule has 2 aromatic heterocycles. The predicted molar refractivity (Wildman–Crippen MR) is 235 cm³/mol. The first-order chi connectivity index (χ1) is 32.8. The van der Waals surface area contributed by atoms with Gasteiger partial charge in [-0.25, -0.2) is 27.5 Å². The van der Waals surface area contributed by atoms with Gasteiger partial charge in [0.25, 0.3) is 11.8 Å². The molecule has 1 atom stereocenters. The zero-order chi connectivity index (χ0) is 49.8. The summed E-state index contributed by atoms with van der Waals surface area (Å²) >= 11 is 0. The first-order valence-corrected chi connectivity index (χ1v) is 23.0. The van der Waals surface area contributed by atoms with Gasteiger partial charge in [-0.05, 0) is 56.7 Å². The number of alkyl halides is 3. The maximum absolute atomic E-state index is 15.1.